The molecule has 0 spiro atoms. The molecule has 1 saturated carbocycles. The fourth-order valence-electron chi connectivity index (χ4n) is 3.62. The van der Waals surface area contributed by atoms with Gasteiger partial charge in [0.1, 0.15) is 28.4 Å². The van der Waals surface area contributed by atoms with Gasteiger partial charge in [-0.2, -0.15) is 0 Å². The molecule has 1 amide bonds. The number of carboxylic acids is 1. The lowest BCUT2D eigenvalue weighted by Gasteiger charge is -2.03. The number of aromatic hydroxyl groups is 1. The summed E-state index contributed by atoms with van der Waals surface area (Å²) >= 11 is 0. The molecule has 2 aromatic carbocycles. The number of phenols is 1. The van der Waals surface area contributed by atoms with Crippen molar-refractivity contribution in [2.75, 3.05) is 0 Å². The highest BCUT2D eigenvalue weighted by atomic mass is 16.4. The van der Waals surface area contributed by atoms with Crippen molar-refractivity contribution in [3.63, 3.8) is 0 Å². The second-order valence-electron chi connectivity index (χ2n) is 7.80. The number of carbonyl (C=O) groups is 2. The SMILES string of the molecule is O=C(CCn1cc(-c2c(-c3ccccc3)oc3cc(O)c(C(=O)O)cc23)nn1)NC1CC1. The number of carbonyl (C=O) groups excluding carboxylic acids is 1. The minimum absolute atomic E-state index is 0.0233. The third-order valence-corrected chi connectivity index (χ3v) is 5.38. The van der Waals surface area contributed by atoms with E-state index >= 15 is 0 Å². The summed E-state index contributed by atoms with van der Waals surface area (Å²) in [6.45, 7) is 0.364. The largest absolute Gasteiger partial charge is 0.507 e. The zero-order valence-electron chi connectivity index (χ0n) is 17.0. The molecular formula is C23H20N4O5. The van der Waals surface area contributed by atoms with Gasteiger partial charge in [-0.1, -0.05) is 35.5 Å². The molecule has 0 unspecified atom stereocenters. The summed E-state index contributed by atoms with van der Waals surface area (Å²) in [6, 6.07) is 12.3. The van der Waals surface area contributed by atoms with E-state index < -0.39 is 5.97 Å². The molecule has 0 aliphatic heterocycles. The van der Waals surface area contributed by atoms with Crippen LogP contribution in [0.4, 0.5) is 0 Å². The lowest BCUT2D eigenvalue weighted by molar-refractivity contribution is -0.121. The Morgan fingerprint density at radius 2 is 1.97 bits per heavy atom. The first-order valence-corrected chi connectivity index (χ1v) is 10.3. The molecule has 32 heavy (non-hydrogen) atoms. The second kappa shape index (κ2) is 7.84. The van der Waals surface area contributed by atoms with Gasteiger partial charge in [0.15, 0.2) is 0 Å². The van der Waals surface area contributed by atoms with Crippen LogP contribution in [0.5, 0.6) is 5.75 Å². The highest BCUT2D eigenvalue weighted by molar-refractivity contribution is 6.05. The lowest BCUT2D eigenvalue weighted by Crippen LogP contribution is -2.26. The van der Waals surface area contributed by atoms with E-state index in [0.717, 1.165) is 18.4 Å². The van der Waals surface area contributed by atoms with E-state index in [9.17, 15) is 19.8 Å². The monoisotopic (exact) mass is 432 g/mol. The number of fused-ring (bicyclic) bond motifs is 1. The van der Waals surface area contributed by atoms with Crippen LogP contribution in [0.1, 0.15) is 29.6 Å². The Bertz CT molecular complexity index is 1320. The molecule has 162 valence electrons. The number of amides is 1. The van der Waals surface area contributed by atoms with Crippen LogP contribution < -0.4 is 5.32 Å². The predicted molar refractivity (Wildman–Crippen MR) is 115 cm³/mol. The highest BCUT2D eigenvalue weighted by Crippen LogP contribution is 2.42. The molecule has 2 aromatic heterocycles. The number of carboxylic acid groups (broad SMARTS) is 1. The number of aromatic nitrogens is 3. The van der Waals surface area contributed by atoms with Crippen molar-refractivity contribution in [1.29, 1.82) is 0 Å². The van der Waals surface area contributed by atoms with E-state index in [1.165, 1.54) is 12.1 Å². The molecule has 4 aromatic rings. The molecule has 1 aliphatic rings. The van der Waals surface area contributed by atoms with Crippen LogP contribution in [0.25, 0.3) is 33.6 Å². The summed E-state index contributed by atoms with van der Waals surface area (Å²) in [6.07, 6.45) is 4.05. The number of benzene rings is 2. The van der Waals surface area contributed by atoms with Crippen LogP contribution >= 0.6 is 0 Å². The smallest absolute Gasteiger partial charge is 0.339 e. The first-order chi connectivity index (χ1) is 15.5. The van der Waals surface area contributed by atoms with Crippen molar-refractivity contribution in [3.8, 4) is 28.3 Å². The Morgan fingerprint density at radius 1 is 1.19 bits per heavy atom. The van der Waals surface area contributed by atoms with Gasteiger partial charge in [0.25, 0.3) is 0 Å². The van der Waals surface area contributed by atoms with E-state index in [1.54, 1.807) is 10.9 Å². The van der Waals surface area contributed by atoms with E-state index in [4.69, 9.17) is 4.42 Å². The van der Waals surface area contributed by atoms with Gasteiger partial charge in [-0.05, 0) is 18.9 Å². The van der Waals surface area contributed by atoms with Crippen LogP contribution in [0.2, 0.25) is 0 Å². The van der Waals surface area contributed by atoms with E-state index in [0.29, 0.717) is 40.6 Å². The van der Waals surface area contributed by atoms with Crippen molar-refractivity contribution >= 4 is 22.8 Å². The van der Waals surface area contributed by atoms with E-state index in [-0.39, 0.29) is 23.6 Å². The number of aromatic carboxylic acids is 1. The summed E-state index contributed by atoms with van der Waals surface area (Å²) in [5.41, 5.74) is 1.92. The molecule has 1 aliphatic carbocycles. The highest BCUT2D eigenvalue weighted by Gasteiger charge is 2.24. The Hall–Kier alpha value is -4.14. The maximum atomic E-state index is 12.0. The number of aryl methyl sites for hydroxylation is 1. The summed E-state index contributed by atoms with van der Waals surface area (Å²) in [7, 11) is 0. The number of nitrogens with zero attached hydrogens (tertiary/aromatic N) is 3. The summed E-state index contributed by atoms with van der Waals surface area (Å²) in [5, 5.41) is 31.4. The third kappa shape index (κ3) is 3.80. The van der Waals surface area contributed by atoms with E-state index in [1.807, 2.05) is 30.3 Å². The van der Waals surface area contributed by atoms with Gasteiger partial charge >= 0.3 is 5.97 Å². The van der Waals surface area contributed by atoms with Crippen molar-refractivity contribution in [3.05, 3.63) is 54.2 Å². The second-order valence-corrected chi connectivity index (χ2v) is 7.80. The molecule has 9 nitrogen and oxygen atoms in total. The lowest BCUT2D eigenvalue weighted by atomic mass is 10.0. The maximum Gasteiger partial charge on any atom is 0.339 e. The molecule has 9 heteroatoms. The van der Waals surface area contributed by atoms with E-state index in [2.05, 4.69) is 15.6 Å². The summed E-state index contributed by atoms with van der Waals surface area (Å²) < 4.78 is 7.60. The average Bonchev–Trinajstić information content (AvgIpc) is 3.33. The summed E-state index contributed by atoms with van der Waals surface area (Å²) in [5.74, 6) is -1.16. The van der Waals surface area contributed by atoms with Gasteiger partial charge < -0.3 is 19.9 Å². The first-order valence-electron chi connectivity index (χ1n) is 10.3. The van der Waals surface area contributed by atoms with Crippen molar-refractivity contribution in [1.82, 2.24) is 20.3 Å². The number of hydrogen-bond acceptors (Lipinski definition) is 6. The fraction of sp³-hybridized carbons (Fsp3) is 0.217. The zero-order chi connectivity index (χ0) is 22.2. The first kappa shape index (κ1) is 19.8. The number of furan rings is 1. The Kier molecular flexibility index (Phi) is 4.85. The minimum atomic E-state index is -1.25. The maximum absolute atomic E-state index is 12.0. The van der Waals surface area contributed by atoms with Crippen molar-refractivity contribution in [2.45, 2.75) is 31.8 Å². The molecule has 5 rings (SSSR count). The Morgan fingerprint density at radius 3 is 2.69 bits per heavy atom. The average molecular weight is 432 g/mol. The third-order valence-electron chi connectivity index (χ3n) is 5.38. The van der Waals surface area contributed by atoms with Gasteiger partial charge in [-0.15, -0.1) is 5.10 Å². The van der Waals surface area contributed by atoms with Crippen LogP contribution in [-0.4, -0.2) is 43.1 Å². The molecule has 0 atom stereocenters. The quantitative estimate of drug-likeness (QED) is 0.408. The van der Waals surface area contributed by atoms with Crippen LogP contribution in [0.3, 0.4) is 0 Å². The molecule has 3 N–H and O–H groups in total. The summed E-state index contributed by atoms with van der Waals surface area (Å²) in [4.78, 5) is 23.5. The molecular weight excluding hydrogens is 412 g/mol. The van der Waals surface area contributed by atoms with Crippen LogP contribution in [-0.2, 0) is 11.3 Å². The van der Waals surface area contributed by atoms with Gasteiger partial charge in [0.05, 0.1) is 18.3 Å². The van der Waals surface area contributed by atoms with Gasteiger partial charge in [0, 0.05) is 29.5 Å². The number of rotatable bonds is 7. The van der Waals surface area contributed by atoms with Gasteiger partial charge in [-0.25, -0.2) is 4.79 Å². The molecule has 0 saturated heterocycles. The fourth-order valence-corrected chi connectivity index (χ4v) is 3.62. The normalized spacial score (nSPS) is 13.4. The van der Waals surface area contributed by atoms with Crippen molar-refractivity contribution < 1.29 is 24.2 Å². The van der Waals surface area contributed by atoms with Crippen LogP contribution in [0, 0.1) is 0 Å². The minimum Gasteiger partial charge on any atom is -0.507 e. The van der Waals surface area contributed by atoms with Crippen molar-refractivity contribution in [2.24, 2.45) is 0 Å². The Balaban J connectivity index is 1.55. The van der Waals surface area contributed by atoms with Gasteiger partial charge in [0.2, 0.25) is 5.91 Å². The molecule has 0 bridgehead atoms. The predicted octanol–water partition coefficient (Wildman–Crippen LogP) is 3.43. The molecule has 2 heterocycles. The molecule has 1 fully saturated rings. The number of hydrogen-bond donors (Lipinski definition) is 3. The van der Waals surface area contributed by atoms with Gasteiger partial charge in [-0.3, -0.25) is 9.48 Å². The standard InChI is InChI=1S/C23H20N4O5/c28-18-11-19-16(10-15(18)23(30)31)21(22(32-19)13-4-2-1-3-5-13)17-12-27(26-25-17)9-8-20(29)24-14-6-7-14/h1-5,10-12,14,28H,6-9H2,(H,24,29)(H,30,31). The Labute approximate surface area is 182 Å². The topological polar surface area (TPSA) is 130 Å². The number of nitrogens with one attached hydrogen (secondary N) is 1. The van der Waals surface area contributed by atoms with Crippen LogP contribution in [0.15, 0.2) is 53.1 Å². The zero-order valence-corrected chi connectivity index (χ0v) is 17.0. The molecule has 0 radical (unpaired) electrons.